The van der Waals surface area contributed by atoms with Crippen LogP contribution in [0.2, 0.25) is 10.0 Å². The number of hydrogen-bond donors (Lipinski definition) is 2. The number of benzene rings is 2. The molecule has 11 heteroatoms. The van der Waals surface area contributed by atoms with Gasteiger partial charge in [0.05, 0.1) is 17.3 Å². The van der Waals surface area contributed by atoms with Gasteiger partial charge in [0.15, 0.2) is 11.0 Å². The molecule has 0 aliphatic carbocycles. The average Bonchev–Trinajstić information content (AvgIpc) is 3.15. The maximum Gasteiger partial charge on any atom is 0.251 e. The zero-order valence-electron chi connectivity index (χ0n) is 16.6. The molecule has 3 aromatic rings. The van der Waals surface area contributed by atoms with Crippen LogP contribution in [0.1, 0.15) is 16.2 Å². The molecule has 0 saturated carbocycles. The van der Waals surface area contributed by atoms with E-state index < -0.39 is 0 Å². The summed E-state index contributed by atoms with van der Waals surface area (Å²) in [5.41, 5.74) is 1.05. The average molecular weight is 555 g/mol. The number of thioether (sulfide) groups is 1. The topological polar surface area (TPSA) is 88.9 Å². The first kappa shape index (κ1) is 24.3. The van der Waals surface area contributed by atoms with Crippen molar-refractivity contribution in [3.8, 4) is 0 Å². The molecule has 166 valence electrons. The molecule has 0 radical (unpaired) electrons. The molecule has 7 nitrogen and oxygen atoms in total. The SMILES string of the molecule is C=CCn1c(CNC(=O)c2cccc(Cl)c2)nnc1SCC(=O)Nc1ccc(Br)c(Cl)c1. The smallest absolute Gasteiger partial charge is 0.251 e. The molecule has 0 saturated heterocycles. The zero-order chi connectivity index (χ0) is 23.1. The zero-order valence-corrected chi connectivity index (χ0v) is 20.6. The maximum atomic E-state index is 12.4. The number of allylic oxidation sites excluding steroid dienone is 1. The van der Waals surface area contributed by atoms with Crippen LogP contribution in [0, 0.1) is 0 Å². The van der Waals surface area contributed by atoms with Crippen LogP contribution in [-0.4, -0.2) is 32.3 Å². The minimum absolute atomic E-state index is 0.123. The van der Waals surface area contributed by atoms with Gasteiger partial charge in [-0.25, -0.2) is 0 Å². The summed E-state index contributed by atoms with van der Waals surface area (Å²) in [4.78, 5) is 24.7. The molecule has 0 unspecified atom stereocenters. The van der Waals surface area contributed by atoms with Crippen LogP contribution in [-0.2, 0) is 17.9 Å². The van der Waals surface area contributed by atoms with Crippen LogP contribution < -0.4 is 10.6 Å². The second-order valence-corrected chi connectivity index (χ2v) is 9.10. The second kappa shape index (κ2) is 11.5. The number of carbonyl (C=O) groups is 2. The Hall–Kier alpha value is -2.33. The van der Waals surface area contributed by atoms with Crippen molar-refractivity contribution in [3.05, 3.63) is 81.0 Å². The highest BCUT2D eigenvalue weighted by Gasteiger charge is 2.15. The van der Waals surface area contributed by atoms with Gasteiger partial charge in [-0.05, 0) is 52.3 Å². The molecule has 0 bridgehead atoms. The van der Waals surface area contributed by atoms with Gasteiger partial charge in [0, 0.05) is 27.3 Å². The molecule has 2 amide bonds. The van der Waals surface area contributed by atoms with E-state index in [0.717, 1.165) is 4.47 Å². The van der Waals surface area contributed by atoms with Gasteiger partial charge in [0.2, 0.25) is 5.91 Å². The highest BCUT2D eigenvalue weighted by molar-refractivity contribution is 9.10. The van der Waals surface area contributed by atoms with Crippen LogP contribution >= 0.6 is 50.9 Å². The van der Waals surface area contributed by atoms with Gasteiger partial charge < -0.3 is 15.2 Å². The van der Waals surface area contributed by atoms with Crippen LogP contribution in [0.3, 0.4) is 0 Å². The molecule has 2 aromatic carbocycles. The lowest BCUT2D eigenvalue weighted by atomic mass is 10.2. The number of nitrogens with one attached hydrogen (secondary N) is 2. The third kappa shape index (κ3) is 6.59. The van der Waals surface area contributed by atoms with Crippen LogP contribution in [0.5, 0.6) is 0 Å². The molecule has 0 aliphatic rings. The van der Waals surface area contributed by atoms with E-state index in [1.54, 1.807) is 53.1 Å². The van der Waals surface area contributed by atoms with E-state index in [-0.39, 0.29) is 24.1 Å². The summed E-state index contributed by atoms with van der Waals surface area (Å²) in [6, 6.07) is 11.8. The number of halogens is 3. The van der Waals surface area contributed by atoms with E-state index >= 15 is 0 Å². The van der Waals surface area contributed by atoms with Crippen molar-refractivity contribution in [3.63, 3.8) is 0 Å². The Morgan fingerprint density at radius 3 is 2.72 bits per heavy atom. The van der Waals surface area contributed by atoms with Crippen LogP contribution in [0.4, 0.5) is 5.69 Å². The van der Waals surface area contributed by atoms with E-state index in [0.29, 0.717) is 38.8 Å². The van der Waals surface area contributed by atoms with E-state index in [4.69, 9.17) is 23.2 Å². The van der Waals surface area contributed by atoms with Gasteiger partial charge in [-0.2, -0.15) is 0 Å². The highest BCUT2D eigenvalue weighted by Crippen LogP contribution is 2.26. The monoisotopic (exact) mass is 553 g/mol. The Kier molecular flexibility index (Phi) is 8.75. The molecule has 0 fully saturated rings. The summed E-state index contributed by atoms with van der Waals surface area (Å²) in [5.74, 6) is 0.181. The van der Waals surface area contributed by atoms with Gasteiger partial charge >= 0.3 is 0 Å². The van der Waals surface area contributed by atoms with E-state index in [2.05, 4.69) is 43.3 Å². The summed E-state index contributed by atoms with van der Waals surface area (Å²) in [6.45, 7) is 4.35. The van der Waals surface area contributed by atoms with Gasteiger partial charge in [-0.1, -0.05) is 47.1 Å². The largest absolute Gasteiger partial charge is 0.345 e. The second-order valence-electron chi connectivity index (χ2n) is 6.46. The summed E-state index contributed by atoms with van der Waals surface area (Å²) < 4.78 is 2.54. The number of nitrogens with zero attached hydrogens (tertiary/aromatic N) is 3. The molecule has 3 rings (SSSR count). The maximum absolute atomic E-state index is 12.4. The highest BCUT2D eigenvalue weighted by atomic mass is 79.9. The van der Waals surface area contributed by atoms with Crippen molar-refractivity contribution in [1.82, 2.24) is 20.1 Å². The van der Waals surface area contributed by atoms with Crippen molar-refractivity contribution in [2.75, 3.05) is 11.1 Å². The van der Waals surface area contributed by atoms with Crippen molar-refractivity contribution in [2.24, 2.45) is 0 Å². The lowest BCUT2D eigenvalue weighted by Crippen LogP contribution is -2.24. The first-order valence-electron chi connectivity index (χ1n) is 9.32. The molecular formula is C21H18BrCl2N5O2S. The Balaban J connectivity index is 1.61. The van der Waals surface area contributed by atoms with Gasteiger partial charge in [-0.15, -0.1) is 16.8 Å². The van der Waals surface area contributed by atoms with Crippen LogP contribution in [0.25, 0.3) is 0 Å². The number of aromatic nitrogens is 3. The third-order valence-corrected chi connectivity index (χ3v) is 6.57. The summed E-state index contributed by atoms with van der Waals surface area (Å²) in [5, 5.41) is 15.4. The van der Waals surface area contributed by atoms with Crippen molar-refractivity contribution >= 4 is 68.4 Å². The van der Waals surface area contributed by atoms with E-state index in [1.807, 2.05) is 0 Å². The summed E-state index contributed by atoms with van der Waals surface area (Å²) >= 11 is 16.5. The first-order chi connectivity index (χ1) is 15.4. The molecular weight excluding hydrogens is 537 g/mol. The molecule has 0 spiro atoms. The predicted molar refractivity (Wildman–Crippen MR) is 131 cm³/mol. The fourth-order valence-electron chi connectivity index (χ4n) is 2.66. The molecule has 1 heterocycles. The minimum atomic E-state index is -0.276. The molecule has 1 aromatic heterocycles. The van der Waals surface area contributed by atoms with Crippen molar-refractivity contribution in [2.45, 2.75) is 18.2 Å². The lowest BCUT2D eigenvalue weighted by Gasteiger charge is -2.09. The molecule has 0 aliphatic heterocycles. The van der Waals surface area contributed by atoms with Gasteiger partial charge in [-0.3, -0.25) is 9.59 Å². The summed E-state index contributed by atoms with van der Waals surface area (Å²) in [6.07, 6.45) is 1.69. The summed E-state index contributed by atoms with van der Waals surface area (Å²) in [7, 11) is 0. The third-order valence-electron chi connectivity index (χ3n) is 4.13. The quantitative estimate of drug-likeness (QED) is 0.280. The molecule has 32 heavy (non-hydrogen) atoms. The minimum Gasteiger partial charge on any atom is -0.345 e. The molecule has 2 N–H and O–H groups in total. The fraction of sp³-hybridized carbons (Fsp3) is 0.143. The van der Waals surface area contributed by atoms with Crippen LogP contribution in [0.15, 0.2) is 64.7 Å². The Morgan fingerprint density at radius 1 is 1.19 bits per heavy atom. The van der Waals surface area contributed by atoms with Gasteiger partial charge in [0.25, 0.3) is 5.91 Å². The number of carbonyl (C=O) groups excluding carboxylic acids is 2. The number of rotatable bonds is 9. The lowest BCUT2D eigenvalue weighted by molar-refractivity contribution is -0.113. The van der Waals surface area contributed by atoms with E-state index in [1.165, 1.54) is 11.8 Å². The standard InChI is InChI=1S/C21H18BrCl2N5O2S/c1-2-8-29-18(11-25-20(31)13-4-3-5-14(23)9-13)27-28-21(29)32-12-19(30)26-15-6-7-16(22)17(24)10-15/h2-7,9-10H,1,8,11-12H2,(H,25,31)(H,26,30). The fourth-order valence-corrected chi connectivity index (χ4v) is 4.05. The molecule has 0 atom stereocenters. The number of hydrogen-bond acceptors (Lipinski definition) is 5. The van der Waals surface area contributed by atoms with Gasteiger partial charge in [0.1, 0.15) is 0 Å². The number of anilines is 1. The van der Waals surface area contributed by atoms with Crippen molar-refractivity contribution in [1.29, 1.82) is 0 Å². The van der Waals surface area contributed by atoms with Crippen molar-refractivity contribution < 1.29 is 9.59 Å². The Labute approximate surface area is 207 Å². The first-order valence-corrected chi connectivity index (χ1v) is 11.8. The normalized spacial score (nSPS) is 10.6. The number of amides is 2. The Morgan fingerprint density at radius 2 is 2.00 bits per heavy atom. The predicted octanol–water partition coefficient (Wildman–Crippen LogP) is 5.19. The Bertz CT molecular complexity index is 1150. The van der Waals surface area contributed by atoms with E-state index in [9.17, 15) is 9.59 Å².